The van der Waals surface area contributed by atoms with Crippen molar-refractivity contribution in [2.24, 2.45) is 0 Å². The van der Waals surface area contributed by atoms with Gasteiger partial charge < -0.3 is 4.90 Å². The number of fused-ring (bicyclic) bond motifs is 1. The van der Waals surface area contributed by atoms with Gasteiger partial charge in [0.1, 0.15) is 0 Å². The first-order valence-corrected chi connectivity index (χ1v) is 9.07. The van der Waals surface area contributed by atoms with Crippen molar-refractivity contribution in [2.45, 2.75) is 26.3 Å². The summed E-state index contributed by atoms with van der Waals surface area (Å²) in [7, 11) is 0. The van der Waals surface area contributed by atoms with E-state index in [1.54, 1.807) is 29.2 Å². The Morgan fingerprint density at radius 2 is 1.70 bits per heavy atom. The quantitative estimate of drug-likeness (QED) is 0.588. The highest BCUT2D eigenvalue weighted by Crippen LogP contribution is 2.42. The van der Waals surface area contributed by atoms with E-state index < -0.39 is 5.91 Å². The fourth-order valence-corrected chi connectivity index (χ4v) is 3.85. The number of hydrogen-bond acceptors (Lipinski definition) is 3. The van der Waals surface area contributed by atoms with E-state index in [1.807, 2.05) is 38.1 Å². The third-order valence-corrected chi connectivity index (χ3v) is 5.02. The van der Waals surface area contributed by atoms with E-state index in [0.717, 1.165) is 10.6 Å². The number of halogens is 1. The number of amides is 3. The van der Waals surface area contributed by atoms with E-state index in [1.165, 1.54) is 0 Å². The predicted octanol–water partition coefficient (Wildman–Crippen LogP) is 3.81. The molecule has 2 aromatic rings. The Bertz CT molecular complexity index is 1030. The lowest BCUT2D eigenvalue weighted by Crippen LogP contribution is -2.34. The summed E-state index contributed by atoms with van der Waals surface area (Å²) in [6, 6.07) is 13.9. The topological polar surface area (TPSA) is 57.7 Å². The Hall–Kier alpha value is -2.92. The van der Waals surface area contributed by atoms with Crippen LogP contribution in [0.25, 0.3) is 5.57 Å². The number of hydrogen-bond donors (Lipinski definition) is 0. The van der Waals surface area contributed by atoms with E-state index in [9.17, 15) is 14.4 Å². The number of carbonyl (C=O) groups excluding carboxylic acids is 3. The Morgan fingerprint density at radius 3 is 2.41 bits per heavy atom. The fraction of sp³-hybridized carbons (Fsp3) is 0.190. The first-order valence-electron chi connectivity index (χ1n) is 8.69. The lowest BCUT2D eigenvalue weighted by molar-refractivity contribution is -0.121. The highest BCUT2D eigenvalue weighted by molar-refractivity contribution is 6.41. The zero-order valence-corrected chi connectivity index (χ0v) is 15.7. The number of carbonyl (C=O) groups is 3. The largest absolute Gasteiger partial charge is 0.305 e. The molecule has 1 saturated heterocycles. The zero-order valence-electron chi connectivity index (χ0n) is 14.9. The van der Waals surface area contributed by atoms with Gasteiger partial charge in [0.05, 0.1) is 23.4 Å². The van der Waals surface area contributed by atoms with Crippen molar-refractivity contribution in [1.29, 1.82) is 0 Å². The SMILES string of the molecule is CC(C)N1C(=O)C(=C2CC(=O)N(c3cccc(Cl)c3)C2=O)c2ccccc21. The first kappa shape index (κ1) is 17.5. The molecule has 4 rings (SSSR count). The van der Waals surface area contributed by atoms with Crippen LogP contribution in [0, 0.1) is 0 Å². The molecule has 2 aliphatic heterocycles. The Balaban J connectivity index is 1.86. The molecule has 0 N–H and O–H groups in total. The minimum atomic E-state index is -0.467. The predicted molar refractivity (Wildman–Crippen MR) is 105 cm³/mol. The van der Waals surface area contributed by atoms with Gasteiger partial charge in [0.15, 0.2) is 0 Å². The average molecular weight is 381 g/mol. The maximum Gasteiger partial charge on any atom is 0.262 e. The van der Waals surface area contributed by atoms with E-state index in [4.69, 9.17) is 11.6 Å². The smallest absolute Gasteiger partial charge is 0.262 e. The highest BCUT2D eigenvalue weighted by Gasteiger charge is 2.43. The van der Waals surface area contributed by atoms with Crippen molar-refractivity contribution in [3.8, 4) is 0 Å². The van der Waals surface area contributed by atoms with Crippen molar-refractivity contribution >= 4 is 46.3 Å². The minimum Gasteiger partial charge on any atom is -0.305 e. The number of nitrogens with zero attached hydrogens (tertiary/aromatic N) is 2. The Morgan fingerprint density at radius 1 is 0.963 bits per heavy atom. The third kappa shape index (κ3) is 2.66. The Kier molecular flexibility index (Phi) is 4.12. The van der Waals surface area contributed by atoms with Gasteiger partial charge in [-0.2, -0.15) is 0 Å². The molecule has 0 aromatic heterocycles. The second-order valence-electron chi connectivity index (χ2n) is 6.83. The van der Waals surface area contributed by atoms with Gasteiger partial charge in [0, 0.05) is 22.2 Å². The highest BCUT2D eigenvalue weighted by atomic mass is 35.5. The molecule has 0 aliphatic carbocycles. The fourth-order valence-electron chi connectivity index (χ4n) is 3.67. The zero-order chi connectivity index (χ0) is 19.3. The number of imide groups is 1. The molecule has 0 unspecified atom stereocenters. The van der Waals surface area contributed by atoms with Crippen molar-refractivity contribution in [1.82, 2.24) is 0 Å². The van der Waals surface area contributed by atoms with Crippen molar-refractivity contribution in [3.63, 3.8) is 0 Å². The van der Waals surface area contributed by atoms with Gasteiger partial charge in [-0.3, -0.25) is 14.4 Å². The van der Waals surface area contributed by atoms with Crippen LogP contribution in [0.4, 0.5) is 11.4 Å². The molecule has 0 atom stereocenters. The second-order valence-corrected chi connectivity index (χ2v) is 7.27. The molecule has 3 amide bonds. The molecule has 5 nitrogen and oxygen atoms in total. The summed E-state index contributed by atoms with van der Waals surface area (Å²) in [6.07, 6.45) is -0.104. The maximum atomic E-state index is 13.1. The minimum absolute atomic E-state index is 0.0620. The van der Waals surface area contributed by atoms with Gasteiger partial charge in [-0.1, -0.05) is 35.9 Å². The summed E-state index contributed by atoms with van der Waals surface area (Å²) in [5.74, 6) is -1.07. The van der Waals surface area contributed by atoms with Crippen LogP contribution < -0.4 is 9.80 Å². The van der Waals surface area contributed by atoms with Gasteiger partial charge in [-0.25, -0.2) is 4.90 Å². The monoisotopic (exact) mass is 380 g/mol. The molecule has 0 radical (unpaired) electrons. The summed E-state index contributed by atoms with van der Waals surface area (Å²) in [6.45, 7) is 3.84. The van der Waals surface area contributed by atoms with Gasteiger partial charge in [0.25, 0.3) is 11.8 Å². The summed E-state index contributed by atoms with van der Waals surface area (Å²) in [5.41, 5.74) is 2.43. The van der Waals surface area contributed by atoms with Crippen LogP contribution in [0.3, 0.4) is 0 Å². The molecular formula is C21H17ClN2O3. The van der Waals surface area contributed by atoms with E-state index >= 15 is 0 Å². The van der Waals surface area contributed by atoms with E-state index in [2.05, 4.69) is 0 Å². The van der Waals surface area contributed by atoms with E-state index in [0.29, 0.717) is 21.8 Å². The van der Waals surface area contributed by atoms with Gasteiger partial charge in [-0.05, 0) is 38.1 Å². The van der Waals surface area contributed by atoms with E-state index in [-0.39, 0.29) is 29.9 Å². The van der Waals surface area contributed by atoms with Crippen LogP contribution in [-0.4, -0.2) is 23.8 Å². The van der Waals surface area contributed by atoms with Crippen LogP contribution >= 0.6 is 11.6 Å². The van der Waals surface area contributed by atoms with Gasteiger partial charge >= 0.3 is 0 Å². The summed E-state index contributed by atoms with van der Waals surface area (Å²) >= 11 is 6.00. The summed E-state index contributed by atoms with van der Waals surface area (Å²) in [5, 5.41) is 0.433. The molecule has 136 valence electrons. The first-order chi connectivity index (χ1) is 12.9. The lowest BCUT2D eigenvalue weighted by atomic mass is 10.00. The summed E-state index contributed by atoms with van der Waals surface area (Å²) in [4.78, 5) is 41.5. The average Bonchev–Trinajstić information content (AvgIpc) is 3.07. The van der Waals surface area contributed by atoms with Crippen LogP contribution in [0.15, 0.2) is 54.1 Å². The standard InChI is InChI=1S/C21H17ClN2O3/c1-12(2)23-17-9-4-3-8-15(17)19(21(23)27)16-11-18(25)24(20(16)26)14-7-5-6-13(22)10-14/h3-10,12H,11H2,1-2H3. The molecule has 2 heterocycles. The molecule has 0 spiro atoms. The molecular weight excluding hydrogens is 364 g/mol. The van der Waals surface area contributed by atoms with Crippen molar-refractivity contribution in [2.75, 3.05) is 9.80 Å². The number of rotatable bonds is 2. The molecule has 1 fully saturated rings. The number of benzene rings is 2. The third-order valence-electron chi connectivity index (χ3n) is 4.79. The van der Waals surface area contributed by atoms with Gasteiger partial charge in [0.2, 0.25) is 5.91 Å². The van der Waals surface area contributed by atoms with Gasteiger partial charge in [-0.15, -0.1) is 0 Å². The maximum absolute atomic E-state index is 13.1. The second kappa shape index (κ2) is 6.35. The van der Waals surface area contributed by atoms with Crippen LogP contribution in [0.1, 0.15) is 25.8 Å². The molecule has 0 saturated carbocycles. The lowest BCUT2D eigenvalue weighted by Gasteiger charge is -2.21. The molecule has 27 heavy (non-hydrogen) atoms. The number of para-hydroxylation sites is 1. The normalized spacial score (nSPS) is 19.5. The molecule has 2 aliphatic rings. The summed E-state index contributed by atoms with van der Waals surface area (Å²) < 4.78 is 0. The van der Waals surface area contributed by atoms with Crippen molar-refractivity contribution < 1.29 is 14.4 Å². The van der Waals surface area contributed by atoms with Crippen LogP contribution in [0.2, 0.25) is 5.02 Å². The number of anilines is 2. The van der Waals surface area contributed by atoms with Crippen LogP contribution in [-0.2, 0) is 14.4 Å². The molecule has 0 bridgehead atoms. The molecule has 2 aromatic carbocycles. The van der Waals surface area contributed by atoms with Crippen LogP contribution in [0.5, 0.6) is 0 Å². The Labute approximate surface area is 161 Å². The van der Waals surface area contributed by atoms with Crippen molar-refractivity contribution in [3.05, 3.63) is 64.7 Å². The molecule has 6 heteroatoms.